The second kappa shape index (κ2) is 10.1. The van der Waals surface area contributed by atoms with Crippen LogP contribution in [0.5, 0.6) is 0 Å². The Morgan fingerprint density at radius 2 is 1.58 bits per heavy atom. The van der Waals surface area contributed by atoms with Gasteiger partial charge in [0.2, 0.25) is 17.7 Å². The number of hydrogen-bond donors (Lipinski definition) is 6. The standard InChI is InChI=1S/C21H27N5O5/c22-8-4-3-7-15-19(29)25-16(9-12-11-23-14-6-2-1-5-13(12)14)20(30)26-17(10-18(27)28)21(31)24-15/h1-2,5-6,11,15-17,23H,3-4,7-10,22H2,(H,24,31)(H,25,29)(H,26,30)(H,27,28)/t15-,16+,17+/m1/s1. The number of aromatic nitrogens is 1. The predicted octanol–water partition coefficient (Wildman–Crippen LogP) is -0.218. The Morgan fingerprint density at radius 3 is 2.32 bits per heavy atom. The van der Waals surface area contributed by atoms with E-state index < -0.39 is 48.2 Å². The summed E-state index contributed by atoms with van der Waals surface area (Å²) in [5, 5.41) is 17.9. The zero-order valence-corrected chi connectivity index (χ0v) is 17.0. The SMILES string of the molecule is NCCCC[C@H]1NC(=O)[C@H](CC(=O)O)NC(=O)[C@H](Cc2c[nH]c3ccccc23)NC1=O. The van der Waals surface area contributed by atoms with Crippen LogP contribution >= 0.6 is 0 Å². The molecule has 2 heterocycles. The number of nitrogens with one attached hydrogen (secondary N) is 4. The first-order valence-electron chi connectivity index (χ1n) is 10.3. The fraction of sp³-hybridized carbons (Fsp3) is 0.429. The molecule has 1 aliphatic heterocycles. The Bertz CT molecular complexity index is 972. The third-order valence-corrected chi connectivity index (χ3v) is 5.32. The Balaban J connectivity index is 1.87. The van der Waals surface area contributed by atoms with Crippen LogP contribution in [0.2, 0.25) is 0 Å². The molecule has 7 N–H and O–H groups in total. The molecule has 3 rings (SSSR count). The lowest BCUT2D eigenvalue weighted by atomic mass is 10.0. The van der Waals surface area contributed by atoms with Crippen molar-refractivity contribution in [2.24, 2.45) is 5.73 Å². The number of hydrogen-bond acceptors (Lipinski definition) is 5. The Labute approximate surface area is 178 Å². The number of unbranched alkanes of at least 4 members (excludes halogenated alkanes) is 1. The Morgan fingerprint density at radius 1 is 0.935 bits per heavy atom. The summed E-state index contributed by atoms with van der Waals surface area (Å²) in [7, 11) is 0. The van der Waals surface area contributed by atoms with Gasteiger partial charge in [0.25, 0.3) is 0 Å². The monoisotopic (exact) mass is 429 g/mol. The maximum absolute atomic E-state index is 12.9. The van der Waals surface area contributed by atoms with E-state index in [1.165, 1.54) is 0 Å². The molecule has 0 bridgehead atoms. The third kappa shape index (κ3) is 5.60. The molecule has 3 atom stereocenters. The lowest BCUT2D eigenvalue weighted by Crippen LogP contribution is -2.52. The van der Waals surface area contributed by atoms with E-state index in [0.29, 0.717) is 25.8 Å². The van der Waals surface area contributed by atoms with Gasteiger partial charge >= 0.3 is 5.97 Å². The van der Waals surface area contributed by atoms with Gasteiger partial charge in [-0.25, -0.2) is 0 Å². The minimum Gasteiger partial charge on any atom is -0.481 e. The molecule has 1 aromatic carbocycles. The first kappa shape index (κ1) is 22.3. The molecule has 31 heavy (non-hydrogen) atoms. The summed E-state index contributed by atoms with van der Waals surface area (Å²) >= 11 is 0. The number of carboxylic acid groups (broad SMARTS) is 1. The van der Waals surface area contributed by atoms with Crippen molar-refractivity contribution in [3.05, 3.63) is 36.0 Å². The molecule has 1 fully saturated rings. The van der Waals surface area contributed by atoms with Gasteiger partial charge in [-0.15, -0.1) is 0 Å². The van der Waals surface area contributed by atoms with Crippen molar-refractivity contribution in [2.45, 2.75) is 50.2 Å². The van der Waals surface area contributed by atoms with Crippen molar-refractivity contribution in [3.63, 3.8) is 0 Å². The number of carboxylic acids is 1. The molecule has 0 unspecified atom stereocenters. The molecule has 1 aliphatic rings. The van der Waals surface area contributed by atoms with E-state index in [0.717, 1.165) is 16.5 Å². The van der Waals surface area contributed by atoms with Crippen LogP contribution in [0.25, 0.3) is 10.9 Å². The van der Waals surface area contributed by atoms with Crippen LogP contribution in [0.4, 0.5) is 0 Å². The van der Waals surface area contributed by atoms with Crippen LogP contribution < -0.4 is 21.7 Å². The largest absolute Gasteiger partial charge is 0.481 e. The summed E-state index contributed by atoms with van der Waals surface area (Å²) in [6.07, 6.45) is 2.99. The van der Waals surface area contributed by atoms with E-state index in [4.69, 9.17) is 10.8 Å². The maximum atomic E-state index is 12.9. The van der Waals surface area contributed by atoms with E-state index in [2.05, 4.69) is 20.9 Å². The molecule has 0 spiro atoms. The van der Waals surface area contributed by atoms with Crippen LogP contribution in [-0.2, 0) is 25.6 Å². The van der Waals surface area contributed by atoms with Gasteiger partial charge in [0.05, 0.1) is 6.42 Å². The van der Waals surface area contributed by atoms with E-state index in [1.54, 1.807) is 6.20 Å². The summed E-state index contributed by atoms with van der Waals surface area (Å²) in [6.45, 7) is 0.452. The van der Waals surface area contributed by atoms with Gasteiger partial charge in [-0.05, 0) is 37.4 Å². The lowest BCUT2D eigenvalue weighted by Gasteiger charge is -2.20. The number of aromatic amines is 1. The number of para-hydroxylation sites is 1. The summed E-state index contributed by atoms with van der Waals surface area (Å²) in [6, 6.07) is 4.45. The highest BCUT2D eigenvalue weighted by Gasteiger charge is 2.34. The van der Waals surface area contributed by atoms with E-state index in [-0.39, 0.29) is 6.42 Å². The van der Waals surface area contributed by atoms with Gasteiger partial charge < -0.3 is 31.8 Å². The van der Waals surface area contributed by atoms with Crippen molar-refractivity contribution < 1.29 is 24.3 Å². The van der Waals surface area contributed by atoms with Crippen LogP contribution in [0.15, 0.2) is 30.5 Å². The molecule has 0 saturated carbocycles. The summed E-state index contributed by atoms with van der Waals surface area (Å²) in [5.41, 5.74) is 7.23. The normalized spacial score (nSPS) is 22.1. The zero-order chi connectivity index (χ0) is 22.4. The molecule has 1 saturated heterocycles. The second-order valence-electron chi connectivity index (χ2n) is 7.63. The second-order valence-corrected chi connectivity index (χ2v) is 7.63. The number of aliphatic carboxylic acids is 1. The fourth-order valence-electron chi connectivity index (χ4n) is 3.69. The maximum Gasteiger partial charge on any atom is 0.305 e. The highest BCUT2D eigenvalue weighted by Crippen LogP contribution is 2.19. The molecule has 0 aliphatic carbocycles. The average molecular weight is 429 g/mol. The van der Waals surface area contributed by atoms with Gasteiger partial charge in [-0.3, -0.25) is 19.2 Å². The average Bonchev–Trinajstić information content (AvgIpc) is 3.15. The predicted molar refractivity (Wildman–Crippen MR) is 113 cm³/mol. The molecule has 10 heteroatoms. The number of amides is 3. The van der Waals surface area contributed by atoms with Gasteiger partial charge in [0.1, 0.15) is 18.1 Å². The molecular formula is C21H27N5O5. The van der Waals surface area contributed by atoms with Crippen LogP contribution in [-0.4, -0.2) is 58.5 Å². The number of H-pyrrole nitrogens is 1. The minimum atomic E-state index is -1.28. The molecule has 2 aromatic rings. The Hall–Kier alpha value is -3.40. The first-order valence-corrected chi connectivity index (χ1v) is 10.3. The van der Waals surface area contributed by atoms with Crippen LogP contribution in [0, 0.1) is 0 Å². The van der Waals surface area contributed by atoms with Gasteiger partial charge in [-0.2, -0.15) is 0 Å². The van der Waals surface area contributed by atoms with Crippen LogP contribution in [0.3, 0.4) is 0 Å². The molecule has 10 nitrogen and oxygen atoms in total. The van der Waals surface area contributed by atoms with Crippen molar-refractivity contribution in [3.8, 4) is 0 Å². The van der Waals surface area contributed by atoms with E-state index >= 15 is 0 Å². The summed E-state index contributed by atoms with van der Waals surface area (Å²) in [5.74, 6) is -3.02. The quantitative estimate of drug-likeness (QED) is 0.317. The first-order chi connectivity index (χ1) is 14.9. The van der Waals surface area contributed by atoms with Crippen molar-refractivity contribution in [1.82, 2.24) is 20.9 Å². The summed E-state index contributed by atoms with van der Waals surface area (Å²) < 4.78 is 0. The van der Waals surface area contributed by atoms with E-state index in [9.17, 15) is 19.2 Å². The topological polar surface area (TPSA) is 166 Å². The van der Waals surface area contributed by atoms with Crippen molar-refractivity contribution in [2.75, 3.05) is 6.54 Å². The smallest absolute Gasteiger partial charge is 0.305 e. The summed E-state index contributed by atoms with van der Waals surface area (Å²) in [4.78, 5) is 52.7. The number of benzene rings is 1. The van der Waals surface area contributed by atoms with Gasteiger partial charge in [0, 0.05) is 23.5 Å². The number of rotatable bonds is 8. The lowest BCUT2D eigenvalue weighted by molar-refractivity contribution is -0.140. The molecule has 166 valence electrons. The fourth-order valence-corrected chi connectivity index (χ4v) is 3.69. The molecular weight excluding hydrogens is 402 g/mol. The van der Waals surface area contributed by atoms with Gasteiger partial charge in [-0.1, -0.05) is 18.2 Å². The van der Waals surface area contributed by atoms with Gasteiger partial charge in [0.15, 0.2) is 0 Å². The number of carbonyl (C=O) groups is 4. The van der Waals surface area contributed by atoms with Crippen molar-refractivity contribution >= 4 is 34.6 Å². The van der Waals surface area contributed by atoms with Crippen molar-refractivity contribution in [1.29, 1.82) is 0 Å². The number of nitrogens with two attached hydrogens (primary N) is 1. The zero-order valence-electron chi connectivity index (χ0n) is 17.0. The molecule has 3 amide bonds. The molecule has 0 radical (unpaired) electrons. The number of carbonyl (C=O) groups excluding carboxylic acids is 3. The van der Waals surface area contributed by atoms with Crippen LogP contribution in [0.1, 0.15) is 31.2 Å². The highest BCUT2D eigenvalue weighted by atomic mass is 16.4. The van der Waals surface area contributed by atoms with E-state index in [1.807, 2.05) is 24.3 Å². The number of fused-ring (bicyclic) bond motifs is 1. The molecule has 1 aromatic heterocycles. The highest BCUT2D eigenvalue weighted by molar-refractivity contribution is 5.98. The Kier molecular flexibility index (Phi) is 7.24. The minimum absolute atomic E-state index is 0.186. The third-order valence-electron chi connectivity index (χ3n) is 5.32.